The Morgan fingerprint density at radius 3 is 2.41 bits per heavy atom. The van der Waals surface area contributed by atoms with E-state index in [0.717, 1.165) is 24.1 Å². The van der Waals surface area contributed by atoms with E-state index in [1.165, 1.54) is 5.56 Å². The normalized spacial score (nSPS) is 15.3. The number of ether oxygens (including phenoxy) is 2. The Labute approximate surface area is 188 Å². The lowest BCUT2D eigenvalue weighted by molar-refractivity contribution is -0.117. The number of nitrogens with one attached hydrogen (secondary N) is 1. The van der Waals surface area contributed by atoms with Crippen LogP contribution in [0.1, 0.15) is 28.3 Å². The molecule has 0 spiro atoms. The first kappa shape index (κ1) is 21.4. The Bertz CT molecular complexity index is 1140. The van der Waals surface area contributed by atoms with Gasteiger partial charge in [0.1, 0.15) is 0 Å². The molecule has 6 nitrogen and oxygen atoms in total. The zero-order valence-electron chi connectivity index (χ0n) is 18.2. The number of carbonyl (C=O) groups excluding carboxylic acids is 1. The molecule has 1 amide bonds. The van der Waals surface area contributed by atoms with Gasteiger partial charge < -0.3 is 14.8 Å². The maximum Gasteiger partial charge on any atom is 0.238 e. The number of nitrogens with zero attached hydrogens (tertiary/aromatic N) is 2. The second-order valence-corrected chi connectivity index (χ2v) is 7.68. The first-order valence-electron chi connectivity index (χ1n) is 10.5. The van der Waals surface area contributed by atoms with Crippen molar-refractivity contribution in [3.05, 3.63) is 89.0 Å². The molecule has 0 unspecified atom stereocenters. The van der Waals surface area contributed by atoms with Gasteiger partial charge in [-0.15, -0.1) is 0 Å². The number of methoxy groups -OCH3 is 2. The summed E-state index contributed by atoms with van der Waals surface area (Å²) in [7, 11) is 3.27. The molecule has 1 aliphatic rings. The molecule has 0 aromatic heterocycles. The number of hydrogen-bond acceptors (Lipinski definition) is 5. The molecular weight excluding hydrogens is 402 g/mol. The van der Waals surface area contributed by atoms with Crippen molar-refractivity contribution in [1.29, 1.82) is 5.26 Å². The van der Waals surface area contributed by atoms with Gasteiger partial charge in [-0.3, -0.25) is 9.69 Å². The minimum atomic E-state index is -0.0976. The number of fused-ring (bicyclic) bond motifs is 1. The van der Waals surface area contributed by atoms with Crippen LogP contribution >= 0.6 is 0 Å². The van der Waals surface area contributed by atoms with Gasteiger partial charge in [-0.1, -0.05) is 30.3 Å². The lowest BCUT2D eigenvalue weighted by Gasteiger charge is -2.37. The van der Waals surface area contributed by atoms with Crippen molar-refractivity contribution < 1.29 is 14.3 Å². The molecule has 162 valence electrons. The predicted molar refractivity (Wildman–Crippen MR) is 123 cm³/mol. The van der Waals surface area contributed by atoms with Crippen molar-refractivity contribution in [2.45, 2.75) is 12.5 Å². The second kappa shape index (κ2) is 9.54. The van der Waals surface area contributed by atoms with Gasteiger partial charge in [0.15, 0.2) is 11.5 Å². The number of carbonyl (C=O) groups is 1. The Morgan fingerprint density at radius 2 is 1.75 bits per heavy atom. The standard InChI is InChI=1S/C26H25N3O3/c1-31-23-14-20-12-13-29(17-25(30)28-21-10-8-18(16-27)9-11-21)26(19-6-4-3-5-7-19)22(20)15-24(23)32-2/h3-11,14-15,26H,12-13,17H2,1-2H3,(H,28,30)/t26-/m0/s1. The fraction of sp³-hybridized carbons (Fsp3) is 0.231. The maximum absolute atomic E-state index is 12.9. The summed E-state index contributed by atoms with van der Waals surface area (Å²) >= 11 is 0. The van der Waals surface area contributed by atoms with Crippen molar-refractivity contribution in [3.8, 4) is 17.6 Å². The van der Waals surface area contributed by atoms with E-state index in [1.807, 2.05) is 30.3 Å². The van der Waals surface area contributed by atoms with E-state index >= 15 is 0 Å². The van der Waals surface area contributed by atoms with Crippen LogP contribution in [0.15, 0.2) is 66.7 Å². The first-order chi connectivity index (χ1) is 15.6. The maximum atomic E-state index is 12.9. The number of nitriles is 1. The molecule has 0 saturated carbocycles. The topological polar surface area (TPSA) is 74.6 Å². The molecule has 0 radical (unpaired) electrons. The Balaban J connectivity index is 1.63. The summed E-state index contributed by atoms with van der Waals surface area (Å²) in [5, 5.41) is 11.9. The number of hydrogen-bond donors (Lipinski definition) is 1. The largest absolute Gasteiger partial charge is 0.493 e. The van der Waals surface area contributed by atoms with Gasteiger partial charge in [-0.2, -0.15) is 5.26 Å². The molecule has 4 rings (SSSR count). The first-order valence-corrected chi connectivity index (χ1v) is 10.5. The van der Waals surface area contributed by atoms with Crippen molar-refractivity contribution >= 4 is 11.6 Å². The highest BCUT2D eigenvalue weighted by Crippen LogP contribution is 2.40. The quantitative estimate of drug-likeness (QED) is 0.639. The number of anilines is 1. The van der Waals surface area contributed by atoms with Gasteiger partial charge in [0, 0.05) is 12.2 Å². The number of benzene rings is 3. The Kier molecular flexibility index (Phi) is 6.39. The van der Waals surface area contributed by atoms with Crippen LogP contribution in [-0.2, 0) is 11.2 Å². The lowest BCUT2D eigenvalue weighted by Crippen LogP contribution is -2.41. The van der Waals surface area contributed by atoms with Crippen molar-refractivity contribution in [3.63, 3.8) is 0 Å². The van der Waals surface area contributed by atoms with Crippen molar-refractivity contribution in [2.24, 2.45) is 0 Å². The molecule has 1 heterocycles. The average molecular weight is 428 g/mol. The van der Waals surface area contributed by atoms with Crippen molar-refractivity contribution in [2.75, 3.05) is 32.6 Å². The van der Waals surface area contributed by atoms with Gasteiger partial charge >= 0.3 is 0 Å². The molecule has 0 aliphatic carbocycles. The third-order valence-corrected chi connectivity index (χ3v) is 5.73. The van der Waals surface area contributed by atoms with Crippen LogP contribution < -0.4 is 14.8 Å². The molecule has 3 aromatic rings. The zero-order valence-corrected chi connectivity index (χ0v) is 18.2. The second-order valence-electron chi connectivity index (χ2n) is 7.68. The summed E-state index contributed by atoms with van der Waals surface area (Å²) in [5.74, 6) is 1.29. The minimum absolute atomic E-state index is 0.0773. The Morgan fingerprint density at radius 1 is 1.06 bits per heavy atom. The van der Waals surface area contributed by atoms with E-state index in [9.17, 15) is 4.79 Å². The van der Waals surface area contributed by atoms with E-state index in [-0.39, 0.29) is 18.5 Å². The molecule has 1 aliphatic heterocycles. The summed E-state index contributed by atoms with van der Waals surface area (Å²) in [5.41, 5.74) is 4.66. The fourth-order valence-electron chi connectivity index (χ4n) is 4.21. The van der Waals surface area contributed by atoms with Gasteiger partial charge in [0.25, 0.3) is 0 Å². The van der Waals surface area contributed by atoms with Gasteiger partial charge in [0.2, 0.25) is 5.91 Å². The summed E-state index contributed by atoms with van der Waals surface area (Å²) < 4.78 is 11.0. The van der Waals surface area contributed by atoms with E-state index in [0.29, 0.717) is 22.7 Å². The molecule has 6 heteroatoms. The summed E-state index contributed by atoms with van der Waals surface area (Å²) in [4.78, 5) is 15.1. The van der Waals surface area contributed by atoms with Crippen LogP contribution in [0, 0.1) is 11.3 Å². The number of amides is 1. The highest BCUT2D eigenvalue weighted by Gasteiger charge is 2.31. The zero-order chi connectivity index (χ0) is 22.5. The van der Waals surface area contributed by atoms with E-state index in [4.69, 9.17) is 14.7 Å². The summed E-state index contributed by atoms with van der Waals surface area (Å²) in [6, 6.07) is 23.1. The molecule has 32 heavy (non-hydrogen) atoms. The molecule has 0 saturated heterocycles. The van der Waals surface area contributed by atoms with E-state index in [2.05, 4.69) is 28.4 Å². The smallest absolute Gasteiger partial charge is 0.238 e. The molecule has 0 bridgehead atoms. The minimum Gasteiger partial charge on any atom is -0.493 e. The van der Waals surface area contributed by atoms with Crippen LogP contribution in [0.25, 0.3) is 0 Å². The molecular formula is C26H25N3O3. The van der Waals surface area contributed by atoms with Crippen LogP contribution in [0.5, 0.6) is 11.5 Å². The lowest BCUT2D eigenvalue weighted by atomic mass is 9.87. The molecule has 0 fully saturated rings. The van der Waals surface area contributed by atoms with Crippen LogP contribution in [-0.4, -0.2) is 38.1 Å². The van der Waals surface area contributed by atoms with Gasteiger partial charge in [-0.25, -0.2) is 0 Å². The van der Waals surface area contributed by atoms with Crippen LogP contribution in [0.2, 0.25) is 0 Å². The Hall–Kier alpha value is -3.82. The molecule has 3 aromatic carbocycles. The van der Waals surface area contributed by atoms with Gasteiger partial charge in [-0.05, 0) is 59.5 Å². The molecule has 1 atom stereocenters. The highest BCUT2D eigenvalue weighted by molar-refractivity contribution is 5.92. The highest BCUT2D eigenvalue weighted by atomic mass is 16.5. The number of rotatable bonds is 6. The molecule has 1 N–H and O–H groups in total. The van der Waals surface area contributed by atoms with E-state index in [1.54, 1.807) is 38.5 Å². The fourth-order valence-corrected chi connectivity index (χ4v) is 4.21. The summed E-state index contributed by atoms with van der Waals surface area (Å²) in [6.07, 6.45) is 0.809. The monoisotopic (exact) mass is 427 g/mol. The third kappa shape index (κ3) is 4.43. The van der Waals surface area contributed by atoms with Crippen molar-refractivity contribution in [1.82, 2.24) is 4.90 Å². The average Bonchev–Trinajstić information content (AvgIpc) is 2.84. The summed E-state index contributed by atoms with van der Waals surface area (Å²) in [6.45, 7) is 0.982. The van der Waals surface area contributed by atoms with Crippen LogP contribution in [0.3, 0.4) is 0 Å². The van der Waals surface area contributed by atoms with Gasteiger partial charge in [0.05, 0.1) is 38.4 Å². The SMILES string of the molecule is COc1cc2c(cc1OC)[C@H](c1ccccc1)N(CC(=O)Nc1ccc(C#N)cc1)CC2. The third-order valence-electron chi connectivity index (χ3n) is 5.73. The predicted octanol–water partition coefficient (Wildman–Crippen LogP) is 4.16. The van der Waals surface area contributed by atoms with E-state index < -0.39 is 0 Å². The van der Waals surface area contributed by atoms with Crippen LogP contribution in [0.4, 0.5) is 5.69 Å².